The first-order valence-electron chi connectivity index (χ1n) is 12.4. The van der Waals surface area contributed by atoms with Crippen molar-refractivity contribution in [1.82, 2.24) is 4.57 Å². The molecule has 204 valence electrons. The Morgan fingerprint density at radius 2 is 1.93 bits per heavy atom. The van der Waals surface area contributed by atoms with Crippen LogP contribution in [0.3, 0.4) is 0 Å². The minimum atomic E-state index is -0.714. The molecule has 4 aromatic rings. The van der Waals surface area contributed by atoms with Crippen molar-refractivity contribution in [1.29, 1.82) is 0 Å². The fourth-order valence-electron chi connectivity index (χ4n) is 4.64. The third-order valence-electron chi connectivity index (χ3n) is 6.72. The number of fused-ring (bicyclic) bond motifs is 1. The second kappa shape index (κ2) is 10.8. The highest BCUT2D eigenvalue weighted by Crippen LogP contribution is 2.32. The highest BCUT2D eigenvalue weighted by molar-refractivity contribution is 9.10. The van der Waals surface area contributed by atoms with Gasteiger partial charge in [-0.05, 0) is 69.2 Å². The molecule has 5 rings (SSSR count). The summed E-state index contributed by atoms with van der Waals surface area (Å²) in [6.07, 6.45) is 1.62. The maximum Gasteiger partial charge on any atom is 0.338 e. The number of nitro groups is 1. The Hall–Kier alpha value is -4.09. The van der Waals surface area contributed by atoms with Gasteiger partial charge in [-0.25, -0.2) is 9.79 Å². The van der Waals surface area contributed by atoms with Crippen molar-refractivity contribution in [2.24, 2.45) is 4.99 Å². The summed E-state index contributed by atoms with van der Waals surface area (Å²) in [5.41, 5.74) is 3.16. The van der Waals surface area contributed by atoms with Crippen molar-refractivity contribution in [3.05, 3.63) is 117 Å². The monoisotopic (exact) mass is 621 g/mol. The van der Waals surface area contributed by atoms with Crippen molar-refractivity contribution in [3.63, 3.8) is 0 Å². The van der Waals surface area contributed by atoms with E-state index in [1.807, 2.05) is 37.3 Å². The molecule has 1 aliphatic heterocycles. The van der Waals surface area contributed by atoms with E-state index in [-0.39, 0.29) is 17.9 Å². The second-order valence-electron chi connectivity index (χ2n) is 9.25. The first-order valence-corrected chi connectivity index (χ1v) is 14.0. The van der Waals surface area contributed by atoms with E-state index in [9.17, 15) is 19.7 Å². The molecule has 1 atom stereocenters. The molecule has 0 radical (unpaired) electrons. The van der Waals surface area contributed by atoms with Gasteiger partial charge in [0.25, 0.3) is 11.2 Å². The number of aryl methyl sites for hydroxylation is 1. The van der Waals surface area contributed by atoms with E-state index < -0.39 is 16.9 Å². The summed E-state index contributed by atoms with van der Waals surface area (Å²) in [4.78, 5) is 42.9. The molecule has 0 amide bonds. The normalized spacial score (nSPS) is 15.1. The highest BCUT2D eigenvalue weighted by atomic mass is 79.9. The summed E-state index contributed by atoms with van der Waals surface area (Å²) in [6, 6.07) is 13.4. The Balaban J connectivity index is 1.62. The molecule has 0 unspecified atom stereocenters. The Bertz CT molecular complexity index is 1880. The molecule has 0 aliphatic carbocycles. The van der Waals surface area contributed by atoms with Crippen molar-refractivity contribution in [2.75, 3.05) is 6.61 Å². The molecular weight excluding hydrogens is 598 g/mol. The van der Waals surface area contributed by atoms with E-state index in [1.54, 1.807) is 39.0 Å². The largest absolute Gasteiger partial charge is 0.463 e. The number of aromatic nitrogens is 1. The molecule has 3 heterocycles. The van der Waals surface area contributed by atoms with Crippen LogP contribution in [0.2, 0.25) is 0 Å². The van der Waals surface area contributed by atoms with Crippen LogP contribution in [0, 0.1) is 24.0 Å². The van der Waals surface area contributed by atoms with Gasteiger partial charge in [0, 0.05) is 27.7 Å². The number of halogens is 1. The van der Waals surface area contributed by atoms with Crippen molar-refractivity contribution >= 4 is 45.0 Å². The molecule has 0 bridgehead atoms. The van der Waals surface area contributed by atoms with Crippen LogP contribution in [-0.4, -0.2) is 22.1 Å². The second-order valence-corrected chi connectivity index (χ2v) is 11.2. The number of benzene rings is 2. The number of rotatable bonds is 6. The third kappa shape index (κ3) is 4.98. The first-order chi connectivity index (χ1) is 19.1. The molecule has 2 aromatic heterocycles. The standard InChI is InChI=1S/C29H24BrN3O6S/c1-5-38-28(35)25-17(4)31-29-32(26(25)18-6-8-20(30)9-7-18)27(34)24(40-29)14-21-10-11-23(39-21)19-12-15(2)16(3)22(13-19)33(36)37/h6-14,26H,5H2,1-4H3/b24-14-/t26-/m0/s1. The highest BCUT2D eigenvalue weighted by Gasteiger charge is 2.33. The zero-order valence-corrected chi connectivity index (χ0v) is 24.5. The quantitative estimate of drug-likeness (QED) is 0.163. The van der Waals surface area contributed by atoms with Gasteiger partial charge in [-0.1, -0.05) is 39.4 Å². The van der Waals surface area contributed by atoms with Gasteiger partial charge in [-0.15, -0.1) is 0 Å². The Morgan fingerprint density at radius 1 is 1.20 bits per heavy atom. The number of nitrogens with zero attached hydrogens (tertiary/aromatic N) is 3. The SMILES string of the molecule is CCOC(=O)C1=C(C)N=c2s/c(=C\c3ccc(-c4cc(C)c(C)c([N+](=O)[O-])c4)o3)c(=O)n2[C@H]1c1ccc(Br)cc1. The number of nitro benzene ring substituents is 1. The van der Waals surface area contributed by atoms with Gasteiger partial charge in [0.2, 0.25) is 0 Å². The number of allylic oxidation sites excluding steroid dienone is 1. The van der Waals surface area contributed by atoms with E-state index in [4.69, 9.17) is 9.15 Å². The zero-order chi connectivity index (χ0) is 28.7. The molecular formula is C29H24BrN3O6S. The minimum absolute atomic E-state index is 0.0157. The van der Waals surface area contributed by atoms with Crippen LogP contribution in [-0.2, 0) is 9.53 Å². The van der Waals surface area contributed by atoms with E-state index in [0.717, 1.165) is 15.6 Å². The predicted molar refractivity (Wildman–Crippen MR) is 155 cm³/mol. The van der Waals surface area contributed by atoms with Gasteiger partial charge < -0.3 is 9.15 Å². The average molecular weight is 622 g/mol. The summed E-state index contributed by atoms with van der Waals surface area (Å²) < 4.78 is 14.1. The van der Waals surface area contributed by atoms with Crippen LogP contribution >= 0.6 is 27.3 Å². The smallest absolute Gasteiger partial charge is 0.338 e. The number of carbonyl (C=O) groups excluding carboxylic acids is 1. The number of hydrogen-bond donors (Lipinski definition) is 0. The van der Waals surface area contributed by atoms with E-state index in [2.05, 4.69) is 20.9 Å². The number of carbonyl (C=O) groups is 1. The molecule has 0 saturated carbocycles. The van der Waals surface area contributed by atoms with Crippen molar-refractivity contribution in [3.8, 4) is 11.3 Å². The minimum Gasteiger partial charge on any atom is -0.463 e. The molecule has 0 N–H and O–H groups in total. The van der Waals surface area contributed by atoms with Crippen LogP contribution < -0.4 is 14.9 Å². The van der Waals surface area contributed by atoms with E-state index >= 15 is 0 Å². The lowest BCUT2D eigenvalue weighted by molar-refractivity contribution is -0.385. The summed E-state index contributed by atoms with van der Waals surface area (Å²) in [6.45, 7) is 7.17. The third-order valence-corrected chi connectivity index (χ3v) is 8.24. The van der Waals surface area contributed by atoms with Gasteiger partial charge in [0.05, 0.1) is 33.4 Å². The number of esters is 1. The first kappa shape index (κ1) is 27.5. The van der Waals surface area contributed by atoms with Gasteiger partial charge in [-0.3, -0.25) is 19.5 Å². The fraction of sp³-hybridized carbons (Fsp3) is 0.207. The lowest BCUT2D eigenvalue weighted by atomic mass is 9.96. The Kier molecular flexibility index (Phi) is 7.43. The molecule has 0 fully saturated rings. The maximum absolute atomic E-state index is 13.8. The number of ether oxygens (including phenoxy) is 1. The average Bonchev–Trinajstić information content (AvgIpc) is 3.49. The van der Waals surface area contributed by atoms with Crippen LogP contribution in [0.5, 0.6) is 0 Å². The summed E-state index contributed by atoms with van der Waals surface area (Å²) in [5, 5.41) is 11.5. The maximum atomic E-state index is 13.8. The topological polar surface area (TPSA) is 117 Å². The van der Waals surface area contributed by atoms with Crippen LogP contribution in [0.1, 0.15) is 42.3 Å². The fourth-order valence-corrected chi connectivity index (χ4v) is 5.93. The van der Waals surface area contributed by atoms with Crippen LogP contribution in [0.4, 0.5) is 5.69 Å². The Morgan fingerprint density at radius 3 is 2.60 bits per heavy atom. The molecule has 11 heteroatoms. The van der Waals surface area contributed by atoms with Crippen molar-refractivity contribution in [2.45, 2.75) is 33.7 Å². The molecule has 1 aliphatic rings. The van der Waals surface area contributed by atoms with Crippen LogP contribution in [0.25, 0.3) is 17.4 Å². The predicted octanol–water partition coefficient (Wildman–Crippen LogP) is 5.35. The summed E-state index contributed by atoms with van der Waals surface area (Å²) in [5.74, 6) is 0.324. The Labute approximate surface area is 241 Å². The van der Waals surface area contributed by atoms with Gasteiger partial charge in [-0.2, -0.15) is 0 Å². The van der Waals surface area contributed by atoms with Gasteiger partial charge in [0.15, 0.2) is 4.80 Å². The lowest BCUT2D eigenvalue weighted by Gasteiger charge is -2.24. The van der Waals surface area contributed by atoms with Gasteiger partial charge in [0.1, 0.15) is 11.5 Å². The number of thiazole rings is 1. The molecule has 0 spiro atoms. The summed E-state index contributed by atoms with van der Waals surface area (Å²) >= 11 is 4.63. The molecule has 40 heavy (non-hydrogen) atoms. The molecule has 0 saturated heterocycles. The summed E-state index contributed by atoms with van der Waals surface area (Å²) in [7, 11) is 0. The van der Waals surface area contributed by atoms with Crippen molar-refractivity contribution < 1.29 is 18.9 Å². The van der Waals surface area contributed by atoms with Gasteiger partial charge >= 0.3 is 5.97 Å². The molecule has 2 aromatic carbocycles. The lowest BCUT2D eigenvalue weighted by Crippen LogP contribution is -2.39. The number of furan rings is 1. The molecule has 9 nitrogen and oxygen atoms in total. The van der Waals surface area contributed by atoms with E-state index in [1.165, 1.54) is 22.0 Å². The number of hydrogen-bond acceptors (Lipinski definition) is 8. The van der Waals surface area contributed by atoms with Crippen LogP contribution in [0.15, 0.2) is 78.5 Å². The zero-order valence-electron chi connectivity index (χ0n) is 22.1. The van der Waals surface area contributed by atoms with E-state index in [0.29, 0.717) is 43.3 Å².